The van der Waals surface area contributed by atoms with E-state index in [4.69, 9.17) is 0 Å². The first-order chi connectivity index (χ1) is 8.06. The van der Waals surface area contributed by atoms with Gasteiger partial charge >= 0.3 is 0 Å². The molecular weight excluding hydrogens is 276 g/mol. The highest BCUT2D eigenvalue weighted by Gasteiger charge is 2.24. The van der Waals surface area contributed by atoms with E-state index in [1.54, 1.807) is 0 Å². The molecule has 17 heavy (non-hydrogen) atoms. The van der Waals surface area contributed by atoms with Crippen molar-refractivity contribution in [1.82, 2.24) is 4.98 Å². The number of aryl methyl sites for hydroxylation is 1. The summed E-state index contributed by atoms with van der Waals surface area (Å²) < 4.78 is 1.07. The second kappa shape index (κ2) is 5.38. The van der Waals surface area contributed by atoms with E-state index >= 15 is 0 Å². The maximum atomic E-state index is 4.46. The van der Waals surface area contributed by atoms with Crippen molar-refractivity contribution >= 4 is 21.7 Å². The molecule has 0 bridgehead atoms. The zero-order valence-electron chi connectivity index (χ0n) is 10.8. The van der Waals surface area contributed by atoms with Gasteiger partial charge in [-0.3, -0.25) is 0 Å². The predicted octanol–water partition coefficient (Wildman–Crippen LogP) is 4.39. The van der Waals surface area contributed by atoms with Gasteiger partial charge in [0.1, 0.15) is 5.82 Å². The molecule has 0 saturated heterocycles. The molecule has 94 valence electrons. The molecule has 2 rings (SSSR count). The Labute approximate surface area is 112 Å². The van der Waals surface area contributed by atoms with E-state index < -0.39 is 0 Å². The van der Waals surface area contributed by atoms with Gasteiger partial charge in [-0.1, -0.05) is 13.8 Å². The Bertz CT molecular complexity index is 392. The van der Waals surface area contributed by atoms with Gasteiger partial charge in [-0.15, -0.1) is 0 Å². The molecule has 1 aromatic heterocycles. The average Bonchev–Trinajstić information content (AvgIpc) is 2.27. The SMILES string of the molecule is Cc1cnc(NC2CCC(C)C(C)C2)c(Br)c1. The van der Waals surface area contributed by atoms with Crippen molar-refractivity contribution in [1.29, 1.82) is 0 Å². The Morgan fingerprint density at radius 1 is 1.29 bits per heavy atom. The summed E-state index contributed by atoms with van der Waals surface area (Å²) in [6.07, 6.45) is 5.75. The molecule has 1 fully saturated rings. The minimum absolute atomic E-state index is 0.577. The van der Waals surface area contributed by atoms with Crippen LogP contribution in [-0.2, 0) is 0 Å². The van der Waals surface area contributed by atoms with Gasteiger partial charge in [-0.05, 0) is 65.6 Å². The van der Waals surface area contributed by atoms with E-state index in [0.29, 0.717) is 6.04 Å². The van der Waals surface area contributed by atoms with Crippen LogP contribution >= 0.6 is 15.9 Å². The van der Waals surface area contributed by atoms with E-state index in [0.717, 1.165) is 22.1 Å². The van der Waals surface area contributed by atoms with Gasteiger partial charge in [0.05, 0.1) is 4.47 Å². The standard InChI is InChI=1S/C14H21BrN2/c1-9-6-13(15)14(16-8-9)17-12-5-4-10(2)11(3)7-12/h6,8,10-12H,4-5,7H2,1-3H3,(H,16,17). The zero-order valence-corrected chi connectivity index (χ0v) is 12.4. The van der Waals surface area contributed by atoms with E-state index in [9.17, 15) is 0 Å². The Balaban J connectivity index is 2.01. The van der Waals surface area contributed by atoms with Crippen molar-refractivity contribution in [2.75, 3.05) is 5.32 Å². The van der Waals surface area contributed by atoms with Crippen LogP contribution in [0.2, 0.25) is 0 Å². The van der Waals surface area contributed by atoms with Crippen molar-refractivity contribution in [3.05, 3.63) is 22.3 Å². The van der Waals surface area contributed by atoms with Crippen LogP contribution in [0.1, 0.15) is 38.7 Å². The maximum Gasteiger partial charge on any atom is 0.140 e. The summed E-state index contributed by atoms with van der Waals surface area (Å²) in [5.74, 6) is 2.66. The Morgan fingerprint density at radius 3 is 2.71 bits per heavy atom. The van der Waals surface area contributed by atoms with Gasteiger partial charge < -0.3 is 5.32 Å². The number of pyridine rings is 1. The van der Waals surface area contributed by atoms with Crippen LogP contribution in [-0.4, -0.2) is 11.0 Å². The first-order valence-electron chi connectivity index (χ1n) is 6.45. The van der Waals surface area contributed by atoms with Gasteiger partial charge in [-0.2, -0.15) is 0 Å². The van der Waals surface area contributed by atoms with Crippen LogP contribution in [0.25, 0.3) is 0 Å². The number of aromatic nitrogens is 1. The third-order valence-corrected chi connectivity index (χ3v) is 4.52. The molecule has 3 unspecified atom stereocenters. The number of rotatable bonds is 2. The van der Waals surface area contributed by atoms with E-state index in [1.165, 1.54) is 24.8 Å². The van der Waals surface area contributed by atoms with Gasteiger partial charge in [0.25, 0.3) is 0 Å². The number of nitrogens with one attached hydrogen (secondary N) is 1. The highest BCUT2D eigenvalue weighted by Crippen LogP contribution is 2.32. The summed E-state index contributed by atoms with van der Waals surface area (Å²) >= 11 is 3.58. The number of hydrogen-bond donors (Lipinski definition) is 1. The van der Waals surface area contributed by atoms with E-state index in [-0.39, 0.29) is 0 Å². The lowest BCUT2D eigenvalue weighted by atomic mass is 9.79. The molecule has 3 heteroatoms. The molecule has 3 atom stereocenters. The second-order valence-electron chi connectivity index (χ2n) is 5.45. The number of hydrogen-bond acceptors (Lipinski definition) is 2. The molecule has 1 saturated carbocycles. The number of anilines is 1. The Hall–Kier alpha value is -0.570. The van der Waals surface area contributed by atoms with Crippen LogP contribution in [0.15, 0.2) is 16.7 Å². The molecular formula is C14H21BrN2. The monoisotopic (exact) mass is 296 g/mol. The summed E-state index contributed by atoms with van der Waals surface area (Å²) in [6, 6.07) is 2.69. The fourth-order valence-electron chi connectivity index (χ4n) is 2.51. The molecule has 1 aromatic rings. The van der Waals surface area contributed by atoms with Crippen LogP contribution < -0.4 is 5.32 Å². The lowest BCUT2D eigenvalue weighted by molar-refractivity contribution is 0.260. The topological polar surface area (TPSA) is 24.9 Å². The molecule has 1 aliphatic rings. The van der Waals surface area contributed by atoms with Crippen LogP contribution in [0, 0.1) is 18.8 Å². The minimum atomic E-state index is 0.577. The van der Waals surface area contributed by atoms with E-state index in [1.807, 2.05) is 6.20 Å². The summed E-state index contributed by atoms with van der Waals surface area (Å²) in [5.41, 5.74) is 1.19. The largest absolute Gasteiger partial charge is 0.366 e. The summed E-state index contributed by atoms with van der Waals surface area (Å²) in [5, 5.41) is 3.57. The number of nitrogens with zero attached hydrogens (tertiary/aromatic N) is 1. The minimum Gasteiger partial charge on any atom is -0.366 e. The summed E-state index contributed by atoms with van der Waals surface area (Å²) in [4.78, 5) is 4.46. The van der Waals surface area contributed by atoms with Crippen molar-refractivity contribution in [2.24, 2.45) is 11.8 Å². The van der Waals surface area contributed by atoms with Gasteiger partial charge in [-0.25, -0.2) is 4.98 Å². The van der Waals surface area contributed by atoms with Crippen molar-refractivity contribution in [3.8, 4) is 0 Å². The Kier molecular flexibility index (Phi) is 4.08. The molecule has 0 radical (unpaired) electrons. The lowest BCUT2D eigenvalue weighted by Gasteiger charge is -2.33. The predicted molar refractivity (Wildman–Crippen MR) is 76.3 cm³/mol. The van der Waals surface area contributed by atoms with Crippen LogP contribution in [0.5, 0.6) is 0 Å². The molecule has 1 aliphatic carbocycles. The van der Waals surface area contributed by atoms with Crippen molar-refractivity contribution < 1.29 is 0 Å². The summed E-state index contributed by atoms with van der Waals surface area (Å²) in [6.45, 7) is 6.78. The Morgan fingerprint density at radius 2 is 2.06 bits per heavy atom. The quantitative estimate of drug-likeness (QED) is 0.875. The highest BCUT2D eigenvalue weighted by atomic mass is 79.9. The van der Waals surface area contributed by atoms with Crippen molar-refractivity contribution in [2.45, 2.75) is 46.1 Å². The second-order valence-corrected chi connectivity index (χ2v) is 6.31. The molecule has 0 spiro atoms. The number of halogens is 1. The van der Waals surface area contributed by atoms with Crippen molar-refractivity contribution in [3.63, 3.8) is 0 Å². The van der Waals surface area contributed by atoms with Gasteiger partial charge in [0.2, 0.25) is 0 Å². The third-order valence-electron chi connectivity index (χ3n) is 3.92. The van der Waals surface area contributed by atoms with Gasteiger partial charge in [0.15, 0.2) is 0 Å². The van der Waals surface area contributed by atoms with Crippen LogP contribution in [0.4, 0.5) is 5.82 Å². The summed E-state index contributed by atoms with van der Waals surface area (Å²) in [7, 11) is 0. The molecule has 1 N–H and O–H groups in total. The fourth-order valence-corrected chi connectivity index (χ4v) is 3.09. The maximum absolute atomic E-state index is 4.46. The van der Waals surface area contributed by atoms with Gasteiger partial charge in [0, 0.05) is 12.2 Å². The van der Waals surface area contributed by atoms with Crippen LogP contribution in [0.3, 0.4) is 0 Å². The smallest absolute Gasteiger partial charge is 0.140 e. The first kappa shape index (κ1) is 12.9. The lowest BCUT2D eigenvalue weighted by Crippen LogP contribution is -2.30. The zero-order chi connectivity index (χ0) is 12.4. The highest BCUT2D eigenvalue weighted by molar-refractivity contribution is 9.10. The molecule has 0 aliphatic heterocycles. The van der Waals surface area contributed by atoms with E-state index in [2.05, 4.69) is 53.1 Å². The molecule has 2 nitrogen and oxygen atoms in total. The first-order valence-corrected chi connectivity index (χ1v) is 7.24. The molecule has 0 aromatic carbocycles. The normalized spacial score (nSPS) is 29.1. The average molecular weight is 297 g/mol. The molecule has 0 amide bonds. The third kappa shape index (κ3) is 3.21. The fraction of sp³-hybridized carbons (Fsp3) is 0.643. The molecule has 1 heterocycles.